The van der Waals surface area contributed by atoms with Crippen molar-refractivity contribution in [2.45, 2.75) is 19.8 Å². The summed E-state index contributed by atoms with van der Waals surface area (Å²) in [5, 5.41) is 20.0. The second-order valence-electron chi connectivity index (χ2n) is 4.79. The third-order valence-electron chi connectivity index (χ3n) is 3.16. The molecule has 1 aliphatic rings. The Bertz CT molecular complexity index is 663. The Balaban J connectivity index is 2.45. The number of carbonyl (C=O) groups excluding carboxylic acids is 1. The first-order chi connectivity index (χ1) is 10.4. The number of esters is 1. The Morgan fingerprint density at radius 1 is 1.55 bits per heavy atom. The highest BCUT2D eigenvalue weighted by atomic mass is 16.6. The van der Waals surface area contributed by atoms with E-state index in [2.05, 4.69) is 4.98 Å². The zero-order valence-electron chi connectivity index (χ0n) is 11.8. The predicted octanol–water partition coefficient (Wildman–Crippen LogP) is 2.04. The third-order valence-corrected chi connectivity index (χ3v) is 3.16. The van der Waals surface area contributed by atoms with Gasteiger partial charge in [-0.25, -0.2) is 14.6 Å². The average Bonchev–Trinajstić information content (AvgIpc) is 3.29. The lowest BCUT2D eigenvalue weighted by molar-refractivity contribution is -0.385. The highest BCUT2D eigenvalue weighted by Crippen LogP contribution is 2.38. The second kappa shape index (κ2) is 6.33. The van der Waals surface area contributed by atoms with Crippen LogP contribution in [0, 0.1) is 16.0 Å². The Morgan fingerprint density at radius 2 is 2.23 bits per heavy atom. The van der Waals surface area contributed by atoms with Crippen molar-refractivity contribution in [2.75, 3.05) is 6.61 Å². The monoisotopic (exact) mass is 306 g/mol. The number of aromatic carboxylic acids is 1. The molecule has 1 N–H and O–H groups in total. The molecule has 1 aliphatic carbocycles. The Kier molecular flexibility index (Phi) is 4.50. The van der Waals surface area contributed by atoms with Crippen LogP contribution in [0.1, 0.15) is 35.8 Å². The van der Waals surface area contributed by atoms with E-state index in [1.165, 1.54) is 6.08 Å². The van der Waals surface area contributed by atoms with Gasteiger partial charge in [-0.3, -0.25) is 10.1 Å². The fraction of sp³-hybridized carbons (Fsp3) is 0.357. The van der Waals surface area contributed by atoms with Crippen molar-refractivity contribution < 1.29 is 24.4 Å². The van der Waals surface area contributed by atoms with E-state index in [4.69, 9.17) is 9.84 Å². The number of aromatic nitrogens is 1. The molecule has 22 heavy (non-hydrogen) atoms. The number of hydrogen-bond donors (Lipinski definition) is 1. The predicted molar refractivity (Wildman–Crippen MR) is 75.2 cm³/mol. The maximum Gasteiger partial charge on any atom is 0.337 e. The molecule has 1 aromatic rings. The molecule has 1 aromatic heterocycles. The minimum Gasteiger partial charge on any atom is -0.478 e. The molecule has 0 bridgehead atoms. The van der Waals surface area contributed by atoms with Gasteiger partial charge in [-0.2, -0.15) is 0 Å². The van der Waals surface area contributed by atoms with Crippen molar-refractivity contribution in [3.63, 3.8) is 0 Å². The van der Waals surface area contributed by atoms with Gasteiger partial charge in [-0.05, 0) is 31.8 Å². The first-order valence-electron chi connectivity index (χ1n) is 6.70. The van der Waals surface area contributed by atoms with Gasteiger partial charge >= 0.3 is 11.9 Å². The van der Waals surface area contributed by atoms with Gasteiger partial charge in [0, 0.05) is 17.8 Å². The lowest BCUT2D eigenvalue weighted by Gasteiger charge is -2.06. The van der Waals surface area contributed by atoms with E-state index in [1.54, 1.807) is 6.92 Å². The summed E-state index contributed by atoms with van der Waals surface area (Å²) in [6, 6.07) is 0.927. The summed E-state index contributed by atoms with van der Waals surface area (Å²) in [4.78, 5) is 36.9. The molecule has 116 valence electrons. The number of hydrogen-bond acceptors (Lipinski definition) is 6. The van der Waals surface area contributed by atoms with Gasteiger partial charge in [0.15, 0.2) is 0 Å². The van der Waals surface area contributed by atoms with E-state index >= 15 is 0 Å². The molecule has 0 unspecified atom stereocenters. The van der Waals surface area contributed by atoms with Crippen molar-refractivity contribution in [2.24, 2.45) is 5.92 Å². The number of nitro groups is 1. The van der Waals surface area contributed by atoms with Gasteiger partial charge in [0.05, 0.1) is 17.1 Å². The van der Waals surface area contributed by atoms with Gasteiger partial charge in [0.25, 0.3) is 5.69 Å². The van der Waals surface area contributed by atoms with Crippen molar-refractivity contribution in [3.05, 3.63) is 39.2 Å². The number of rotatable bonds is 6. The van der Waals surface area contributed by atoms with Crippen LogP contribution in [0.5, 0.6) is 0 Å². The summed E-state index contributed by atoms with van der Waals surface area (Å²) < 4.78 is 4.94. The molecule has 0 spiro atoms. The summed E-state index contributed by atoms with van der Waals surface area (Å²) in [6.45, 7) is 1.88. The standard InChI is InChI=1S/C14H14N2O6/c1-2-22-14(19)10(8-3-4-8)6-11-12(16(20)21)5-9(7-15-11)13(17)18/h5-8H,2-4H2,1H3,(H,17,18)/b10-6-. The number of ether oxygens (including phenoxy) is 1. The van der Waals surface area contributed by atoms with Crippen molar-refractivity contribution in [1.82, 2.24) is 4.98 Å². The van der Waals surface area contributed by atoms with Gasteiger partial charge in [0.2, 0.25) is 0 Å². The number of carboxylic acids is 1. The van der Waals surface area contributed by atoms with Gasteiger partial charge in [-0.1, -0.05) is 0 Å². The largest absolute Gasteiger partial charge is 0.478 e. The van der Waals surface area contributed by atoms with E-state index in [1.807, 2.05) is 0 Å². The van der Waals surface area contributed by atoms with Crippen molar-refractivity contribution in [3.8, 4) is 0 Å². The molecule has 8 nitrogen and oxygen atoms in total. The summed E-state index contributed by atoms with van der Waals surface area (Å²) in [7, 11) is 0. The maximum absolute atomic E-state index is 11.9. The summed E-state index contributed by atoms with van der Waals surface area (Å²) >= 11 is 0. The number of nitrogens with zero attached hydrogens (tertiary/aromatic N) is 2. The van der Waals surface area contributed by atoms with E-state index < -0.39 is 22.5 Å². The lowest BCUT2D eigenvalue weighted by atomic mass is 10.1. The first kappa shape index (κ1) is 15.6. The lowest BCUT2D eigenvalue weighted by Crippen LogP contribution is -2.10. The van der Waals surface area contributed by atoms with Crippen LogP contribution >= 0.6 is 0 Å². The molecule has 1 saturated carbocycles. The van der Waals surface area contributed by atoms with E-state index in [0.717, 1.165) is 25.1 Å². The van der Waals surface area contributed by atoms with Crippen LogP contribution in [0.25, 0.3) is 6.08 Å². The summed E-state index contributed by atoms with van der Waals surface area (Å²) in [5.41, 5.74) is -0.458. The van der Waals surface area contributed by atoms with Crippen molar-refractivity contribution >= 4 is 23.7 Å². The molecule has 1 heterocycles. The molecular formula is C14H14N2O6. The van der Waals surface area contributed by atoms with Crippen LogP contribution in [-0.2, 0) is 9.53 Å². The molecule has 1 fully saturated rings. The van der Waals surface area contributed by atoms with Crippen LogP contribution in [-0.4, -0.2) is 33.6 Å². The van der Waals surface area contributed by atoms with Gasteiger partial charge in [0.1, 0.15) is 5.69 Å². The van der Waals surface area contributed by atoms with Crippen LogP contribution in [0.2, 0.25) is 0 Å². The maximum atomic E-state index is 11.9. The Labute approximate surface area is 125 Å². The van der Waals surface area contributed by atoms with Crippen LogP contribution in [0.4, 0.5) is 5.69 Å². The SMILES string of the molecule is CCOC(=O)/C(=C\c1ncc(C(=O)O)cc1[N+](=O)[O-])C1CC1. The first-order valence-corrected chi connectivity index (χ1v) is 6.70. The van der Waals surface area contributed by atoms with Gasteiger partial charge < -0.3 is 9.84 Å². The highest BCUT2D eigenvalue weighted by molar-refractivity contribution is 5.95. The second-order valence-corrected chi connectivity index (χ2v) is 4.79. The number of carbonyl (C=O) groups is 2. The molecular weight excluding hydrogens is 292 g/mol. The van der Waals surface area contributed by atoms with E-state index in [-0.39, 0.29) is 23.8 Å². The quantitative estimate of drug-likeness (QED) is 0.369. The summed E-state index contributed by atoms with van der Waals surface area (Å²) in [5.74, 6) is -1.82. The molecule has 0 atom stereocenters. The fourth-order valence-electron chi connectivity index (χ4n) is 1.94. The summed E-state index contributed by atoms with van der Waals surface area (Å²) in [6.07, 6.45) is 3.97. The number of pyridine rings is 1. The molecule has 0 radical (unpaired) electrons. The minimum atomic E-state index is -1.31. The molecule has 2 rings (SSSR count). The normalized spacial score (nSPS) is 14.5. The van der Waals surface area contributed by atoms with E-state index in [0.29, 0.717) is 5.57 Å². The van der Waals surface area contributed by atoms with Crippen molar-refractivity contribution in [1.29, 1.82) is 0 Å². The molecule has 0 amide bonds. The minimum absolute atomic E-state index is 0.0135. The van der Waals surface area contributed by atoms with Gasteiger partial charge in [-0.15, -0.1) is 0 Å². The Morgan fingerprint density at radius 3 is 2.73 bits per heavy atom. The van der Waals surface area contributed by atoms with Crippen LogP contribution in [0.3, 0.4) is 0 Å². The zero-order valence-corrected chi connectivity index (χ0v) is 11.8. The van der Waals surface area contributed by atoms with Crippen LogP contribution in [0.15, 0.2) is 17.8 Å². The Hall–Kier alpha value is -2.77. The smallest absolute Gasteiger partial charge is 0.337 e. The fourth-order valence-corrected chi connectivity index (χ4v) is 1.94. The highest BCUT2D eigenvalue weighted by Gasteiger charge is 2.32. The number of carboxylic acid groups (broad SMARTS) is 1. The van der Waals surface area contributed by atoms with E-state index in [9.17, 15) is 19.7 Å². The topological polar surface area (TPSA) is 120 Å². The molecule has 0 aliphatic heterocycles. The van der Waals surface area contributed by atoms with Crippen LogP contribution < -0.4 is 0 Å². The molecule has 8 heteroatoms. The molecule has 0 aromatic carbocycles. The molecule has 0 saturated heterocycles. The average molecular weight is 306 g/mol. The zero-order chi connectivity index (χ0) is 16.3. The third kappa shape index (κ3) is 3.46.